The van der Waals surface area contributed by atoms with Crippen molar-refractivity contribution in [3.05, 3.63) is 59.7 Å². The quantitative estimate of drug-likeness (QED) is 0.232. The van der Waals surface area contributed by atoms with Crippen LogP contribution >= 0.6 is 0 Å². The molecule has 0 saturated heterocycles. The molecule has 0 heterocycles. The van der Waals surface area contributed by atoms with Crippen molar-refractivity contribution in [1.82, 2.24) is 10.6 Å². The van der Waals surface area contributed by atoms with Crippen LogP contribution in [0.25, 0.3) is 5.57 Å². The SMILES string of the molecule is C/C=C(/C)c1ccc(NC(=O)OCc2ccc(NC(=O)[C@H](CCCNC)NC=O)cc2)cc1OC=O. The smallest absolute Gasteiger partial charge is 0.411 e. The molecule has 4 N–H and O–H groups in total. The fourth-order valence-electron chi connectivity index (χ4n) is 3.30. The van der Waals surface area contributed by atoms with Gasteiger partial charge in [0.2, 0.25) is 12.3 Å². The molecule has 2 rings (SSSR count). The largest absolute Gasteiger partial charge is 0.444 e. The van der Waals surface area contributed by atoms with Crippen molar-refractivity contribution in [1.29, 1.82) is 0 Å². The van der Waals surface area contributed by atoms with Gasteiger partial charge in [0.1, 0.15) is 18.4 Å². The van der Waals surface area contributed by atoms with Gasteiger partial charge in [-0.2, -0.15) is 0 Å². The Morgan fingerprint density at radius 2 is 1.75 bits per heavy atom. The van der Waals surface area contributed by atoms with Crippen LogP contribution in [0.2, 0.25) is 0 Å². The fourth-order valence-corrected chi connectivity index (χ4v) is 3.30. The highest BCUT2D eigenvalue weighted by Crippen LogP contribution is 2.29. The zero-order valence-electron chi connectivity index (χ0n) is 20.6. The Balaban J connectivity index is 1.91. The van der Waals surface area contributed by atoms with Crippen LogP contribution < -0.4 is 26.0 Å². The molecule has 3 amide bonds. The lowest BCUT2D eigenvalue weighted by Crippen LogP contribution is -2.40. The number of hydrogen-bond donors (Lipinski definition) is 4. The number of nitrogens with one attached hydrogen (secondary N) is 4. The number of hydrogen-bond acceptors (Lipinski definition) is 7. The Morgan fingerprint density at radius 3 is 2.39 bits per heavy atom. The van der Waals surface area contributed by atoms with Crippen molar-refractivity contribution in [3.8, 4) is 5.75 Å². The summed E-state index contributed by atoms with van der Waals surface area (Å²) in [6.45, 7) is 4.84. The molecule has 0 radical (unpaired) electrons. The van der Waals surface area contributed by atoms with Crippen LogP contribution in [0.1, 0.15) is 37.8 Å². The van der Waals surface area contributed by atoms with Crippen LogP contribution in [-0.4, -0.2) is 44.5 Å². The van der Waals surface area contributed by atoms with Crippen molar-refractivity contribution >= 4 is 41.8 Å². The van der Waals surface area contributed by atoms with E-state index in [1.165, 1.54) is 0 Å². The van der Waals surface area contributed by atoms with Crippen LogP contribution in [0.3, 0.4) is 0 Å². The van der Waals surface area contributed by atoms with Crippen molar-refractivity contribution < 1.29 is 28.7 Å². The Morgan fingerprint density at radius 1 is 1.03 bits per heavy atom. The maximum absolute atomic E-state index is 12.4. The second-order valence-corrected chi connectivity index (χ2v) is 7.87. The molecule has 0 saturated carbocycles. The molecule has 10 heteroatoms. The highest BCUT2D eigenvalue weighted by atomic mass is 16.5. The molecule has 0 aliphatic rings. The number of ether oxygens (including phenoxy) is 2. The molecule has 36 heavy (non-hydrogen) atoms. The number of rotatable bonds is 14. The van der Waals surface area contributed by atoms with Crippen molar-refractivity contribution in [3.63, 3.8) is 0 Å². The van der Waals surface area contributed by atoms with Crippen molar-refractivity contribution in [2.24, 2.45) is 0 Å². The molecule has 0 spiro atoms. The third kappa shape index (κ3) is 8.88. The Hall–Kier alpha value is -4.18. The van der Waals surface area contributed by atoms with Crippen LogP contribution in [-0.2, 0) is 25.7 Å². The average molecular weight is 497 g/mol. The summed E-state index contributed by atoms with van der Waals surface area (Å²) < 4.78 is 10.3. The van der Waals surface area contributed by atoms with Gasteiger partial charge in [-0.25, -0.2) is 4.79 Å². The minimum atomic E-state index is -0.677. The van der Waals surface area contributed by atoms with Crippen LogP contribution in [0, 0.1) is 0 Å². The lowest BCUT2D eigenvalue weighted by Gasteiger charge is -2.16. The number of carbonyl (C=O) groups is 4. The summed E-state index contributed by atoms with van der Waals surface area (Å²) in [6.07, 6.45) is 2.97. The molecule has 0 fully saturated rings. The molecule has 0 aliphatic carbocycles. The van der Waals surface area contributed by atoms with Gasteiger partial charge in [-0.1, -0.05) is 18.2 Å². The Bertz CT molecular complexity index is 1070. The van der Waals surface area contributed by atoms with Gasteiger partial charge in [0.25, 0.3) is 6.47 Å². The van der Waals surface area contributed by atoms with E-state index in [0.717, 1.165) is 24.1 Å². The number of allylic oxidation sites excluding steroid dienone is 2. The summed E-state index contributed by atoms with van der Waals surface area (Å²) in [6, 6.07) is 11.2. The standard InChI is InChI=1S/C26H32N4O6/c1-4-18(2)22-12-11-21(14-24(22)36-17-32)30-26(34)35-15-19-7-9-20(10-8-19)29-25(33)23(28-16-31)6-5-13-27-3/h4,7-12,14,16-17,23,27H,5-6,13,15H2,1-3H3,(H,28,31)(H,29,33)(H,30,34)/b18-4-/t23-/m0/s1. The highest BCUT2D eigenvalue weighted by molar-refractivity contribution is 5.95. The third-order valence-electron chi connectivity index (χ3n) is 5.36. The normalized spacial score (nSPS) is 11.7. The maximum atomic E-state index is 12.4. The van der Waals surface area contributed by atoms with E-state index in [1.54, 1.807) is 42.5 Å². The lowest BCUT2D eigenvalue weighted by atomic mass is 10.1. The van der Waals surface area contributed by atoms with Crippen LogP contribution in [0.4, 0.5) is 16.2 Å². The van der Waals surface area contributed by atoms with Gasteiger partial charge in [-0.3, -0.25) is 19.7 Å². The van der Waals surface area contributed by atoms with Gasteiger partial charge in [-0.05, 0) is 75.7 Å². The molecule has 192 valence electrons. The van der Waals surface area contributed by atoms with E-state index in [4.69, 9.17) is 9.47 Å². The molecule has 1 atom stereocenters. The van der Waals surface area contributed by atoms with Gasteiger partial charge >= 0.3 is 6.09 Å². The average Bonchev–Trinajstić information content (AvgIpc) is 2.88. The van der Waals surface area contributed by atoms with Gasteiger partial charge in [0.15, 0.2) is 0 Å². The molecule has 0 unspecified atom stereocenters. The van der Waals surface area contributed by atoms with E-state index in [2.05, 4.69) is 21.3 Å². The van der Waals surface area contributed by atoms with Gasteiger partial charge < -0.3 is 25.4 Å². The first-order valence-corrected chi connectivity index (χ1v) is 11.5. The number of amides is 3. The van der Waals surface area contributed by atoms with E-state index in [-0.39, 0.29) is 12.5 Å². The fraction of sp³-hybridized carbons (Fsp3) is 0.308. The zero-order chi connectivity index (χ0) is 26.3. The summed E-state index contributed by atoms with van der Waals surface area (Å²) in [7, 11) is 1.82. The van der Waals surface area contributed by atoms with Gasteiger partial charge in [0.05, 0.1) is 0 Å². The molecule has 2 aromatic carbocycles. The van der Waals surface area contributed by atoms with Gasteiger partial charge in [0, 0.05) is 23.0 Å². The second kappa shape index (κ2) is 14.9. The molecular weight excluding hydrogens is 464 g/mol. The first kappa shape index (κ1) is 28.1. The van der Waals surface area contributed by atoms with E-state index >= 15 is 0 Å². The van der Waals surface area contributed by atoms with Gasteiger partial charge in [-0.15, -0.1) is 0 Å². The second-order valence-electron chi connectivity index (χ2n) is 7.87. The third-order valence-corrected chi connectivity index (χ3v) is 5.36. The molecule has 0 bridgehead atoms. The van der Waals surface area contributed by atoms with E-state index < -0.39 is 12.1 Å². The Kier molecular flexibility index (Phi) is 11.7. The number of anilines is 2. The van der Waals surface area contributed by atoms with E-state index in [0.29, 0.717) is 42.0 Å². The molecule has 10 nitrogen and oxygen atoms in total. The number of benzene rings is 2. The first-order chi connectivity index (χ1) is 17.4. The van der Waals surface area contributed by atoms with Crippen LogP contribution in [0.15, 0.2) is 48.5 Å². The first-order valence-electron chi connectivity index (χ1n) is 11.5. The van der Waals surface area contributed by atoms with E-state index in [9.17, 15) is 19.2 Å². The molecule has 0 aromatic heterocycles. The highest BCUT2D eigenvalue weighted by Gasteiger charge is 2.17. The summed E-state index contributed by atoms with van der Waals surface area (Å²) in [4.78, 5) is 46.3. The minimum Gasteiger partial charge on any atom is -0.444 e. The molecular formula is C26H32N4O6. The van der Waals surface area contributed by atoms with Crippen molar-refractivity contribution in [2.75, 3.05) is 24.2 Å². The zero-order valence-corrected chi connectivity index (χ0v) is 20.6. The summed E-state index contributed by atoms with van der Waals surface area (Å²) >= 11 is 0. The minimum absolute atomic E-state index is 0.00680. The van der Waals surface area contributed by atoms with E-state index in [1.807, 2.05) is 27.0 Å². The Labute approximate surface area is 210 Å². The monoisotopic (exact) mass is 496 g/mol. The summed E-state index contributed by atoms with van der Waals surface area (Å²) in [5, 5.41) is 10.9. The topological polar surface area (TPSA) is 135 Å². The van der Waals surface area contributed by atoms with Crippen LogP contribution in [0.5, 0.6) is 5.75 Å². The lowest BCUT2D eigenvalue weighted by molar-refractivity contribution is -0.121. The summed E-state index contributed by atoms with van der Waals surface area (Å²) in [5.74, 6) is 0.0128. The molecule has 2 aromatic rings. The maximum Gasteiger partial charge on any atom is 0.411 e. The predicted octanol–water partition coefficient (Wildman–Crippen LogP) is 3.45. The predicted molar refractivity (Wildman–Crippen MR) is 137 cm³/mol. The van der Waals surface area contributed by atoms with Crippen molar-refractivity contribution in [2.45, 2.75) is 39.3 Å². The number of carbonyl (C=O) groups excluding carboxylic acids is 4. The summed E-state index contributed by atoms with van der Waals surface area (Å²) in [5.41, 5.74) is 3.34. The molecule has 0 aliphatic heterocycles.